The fraction of sp³-hybridized carbons (Fsp3) is 0.462. The number of H-pyrrole nitrogens is 1. The van der Waals surface area contributed by atoms with Crippen molar-refractivity contribution in [3.05, 3.63) is 70.4 Å². The number of aryl methyl sites for hydroxylation is 1. The summed E-state index contributed by atoms with van der Waals surface area (Å²) in [4.78, 5) is 23.6. The van der Waals surface area contributed by atoms with Gasteiger partial charge in [-0.2, -0.15) is 10.2 Å². The lowest BCUT2D eigenvalue weighted by Gasteiger charge is -2.35. The summed E-state index contributed by atoms with van der Waals surface area (Å²) in [6.45, 7) is 11.4. The topological polar surface area (TPSA) is 84.6 Å². The molecule has 180 valence electrons. The van der Waals surface area contributed by atoms with Crippen LogP contribution in [-0.2, 0) is 12.5 Å². The van der Waals surface area contributed by atoms with E-state index in [0.717, 1.165) is 30.6 Å². The molecule has 0 amide bonds. The average Bonchev–Trinajstić information content (AvgIpc) is 3.45. The molecule has 0 aliphatic carbocycles. The van der Waals surface area contributed by atoms with Crippen LogP contribution in [0.2, 0.25) is 0 Å². The van der Waals surface area contributed by atoms with Crippen molar-refractivity contribution in [2.45, 2.75) is 59.0 Å². The monoisotopic (exact) mass is 461 g/mol. The van der Waals surface area contributed by atoms with Crippen LogP contribution in [0, 0.1) is 5.92 Å². The van der Waals surface area contributed by atoms with Crippen molar-refractivity contribution in [1.82, 2.24) is 29.5 Å². The zero-order valence-electron chi connectivity index (χ0n) is 21.0. The Hall–Kier alpha value is -3.42. The number of hydrogen-bond acceptors (Lipinski definition) is 5. The number of nitrogens with one attached hydrogen (secondary N) is 1. The lowest BCUT2D eigenvalue weighted by Crippen LogP contribution is -2.39. The molecule has 0 radical (unpaired) electrons. The second-order valence-electron chi connectivity index (χ2n) is 9.91. The van der Waals surface area contributed by atoms with E-state index in [1.807, 2.05) is 35.1 Å². The van der Waals surface area contributed by atoms with Crippen LogP contribution >= 0.6 is 0 Å². The molecule has 1 unspecified atom stereocenters. The van der Waals surface area contributed by atoms with Gasteiger partial charge in [-0.25, -0.2) is 9.67 Å². The smallest absolute Gasteiger partial charge is 0.278 e. The highest BCUT2D eigenvalue weighted by atomic mass is 16.1. The summed E-state index contributed by atoms with van der Waals surface area (Å²) in [5, 5.41) is 9.25. The minimum atomic E-state index is -0.257. The maximum atomic E-state index is 13.3. The van der Waals surface area contributed by atoms with Crippen LogP contribution in [0.15, 0.2) is 53.6 Å². The summed E-state index contributed by atoms with van der Waals surface area (Å²) < 4.78 is 3.56. The van der Waals surface area contributed by atoms with Crippen LogP contribution in [0.25, 0.3) is 11.0 Å². The quantitative estimate of drug-likeness (QED) is 0.413. The zero-order valence-corrected chi connectivity index (χ0v) is 21.0. The molecular formula is C26H35N7O. The Kier molecular flexibility index (Phi) is 6.59. The lowest BCUT2D eigenvalue weighted by molar-refractivity contribution is 0.413. The van der Waals surface area contributed by atoms with E-state index in [4.69, 9.17) is 4.98 Å². The second-order valence-corrected chi connectivity index (χ2v) is 9.91. The predicted octanol–water partition coefficient (Wildman–Crippen LogP) is 4.64. The summed E-state index contributed by atoms with van der Waals surface area (Å²) >= 11 is 0. The van der Waals surface area contributed by atoms with Gasteiger partial charge in [0.25, 0.3) is 5.56 Å². The fourth-order valence-corrected chi connectivity index (χ4v) is 4.46. The van der Waals surface area contributed by atoms with Gasteiger partial charge < -0.3 is 4.90 Å². The van der Waals surface area contributed by atoms with Crippen LogP contribution in [0.1, 0.15) is 64.9 Å². The van der Waals surface area contributed by atoms with Gasteiger partial charge in [-0.1, -0.05) is 77.8 Å². The highest BCUT2D eigenvalue weighted by Crippen LogP contribution is 2.31. The first-order chi connectivity index (χ1) is 16.2. The van der Waals surface area contributed by atoms with E-state index in [2.05, 4.69) is 66.8 Å². The molecule has 4 rings (SSSR count). The molecule has 3 aromatic heterocycles. The van der Waals surface area contributed by atoms with Crippen LogP contribution in [0.3, 0.4) is 0 Å². The van der Waals surface area contributed by atoms with Crippen molar-refractivity contribution in [1.29, 1.82) is 0 Å². The molecule has 34 heavy (non-hydrogen) atoms. The molecule has 8 nitrogen and oxygen atoms in total. The minimum Gasteiger partial charge on any atom is -0.316 e. The molecule has 0 saturated heterocycles. The predicted molar refractivity (Wildman–Crippen MR) is 136 cm³/mol. The molecule has 4 aromatic rings. The van der Waals surface area contributed by atoms with Gasteiger partial charge in [-0.3, -0.25) is 14.5 Å². The maximum Gasteiger partial charge on any atom is 0.278 e. The van der Waals surface area contributed by atoms with Crippen molar-refractivity contribution in [3.8, 4) is 0 Å². The highest BCUT2D eigenvalue weighted by molar-refractivity contribution is 5.79. The van der Waals surface area contributed by atoms with E-state index in [0.29, 0.717) is 22.9 Å². The Morgan fingerprint density at radius 1 is 1.09 bits per heavy atom. The maximum absolute atomic E-state index is 13.3. The van der Waals surface area contributed by atoms with Crippen molar-refractivity contribution < 1.29 is 0 Å². The van der Waals surface area contributed by atoms with Crippen molar-refractivity contribution in [3.63, 3.8) is 0 Å². The first-order valence-electron chi connectivity index (χ1n) is 12.0. The van der Waals surface area contributed by atoms with Gasteiger partial charge >= 0.3 is 0 Å². The molecule has 0 fully saturated rings. The van der Waals surface area contributed by atoms with E-state index in [1.54, 1.807) is 17.9 Å². The first kappa shape index (κ1) is 23.7. The molecule has 3 heterocycles. The summed E-state index contributed by atoms with van der Waals surface area (Å²) in [5.74, 6) is 0.964. The molecule has 0 spiro atoms. The Morgan fingerprint density at radius 3 is 2.38 bits per heavy atom. The van der Waals surface area contributed by atoms with Gasteiger partial charge in [-0.05, 0) is 17.5 Å². The largest absolute Gasteiger partial charge is 0.316 e. The third kappa shape index (κ3) is 4.49. The van der Waals surface area contributed by atoms with Gasteiger partial charge in [0, 0.05) is 31.4 Å². The van der Waals surface area contributed by atoms with E-state index in [9.17, 15) is 4.79 Å². The zero-order chi connectivity index (χ0) is 24.5. The van der Waals surface area contributed by atoms with Crippen LogP contribution in [0.5, 0.6) is 0 Å². The number of rotatable bonds is 8. The van der Waals surface area contributed by atoms with Gasteiger partial charge in [0.15, 0.2) is 11.7 Å². The highest BCUT2D eigenvalue weighted by Gasteiger charge is 2.30. The molecule has 0 aliphatic rings. The standard InChI is InChI=1S/C26H35N7O/c1-7-18(8-2)17-32(24(33-16-12-15-27-33)19-13-10-9-11-14-19)25-28-20-21(23(34)29-25)31(6)30-22(20)26(3,4)5/h9-16,18,24H,7-8,17H2,1-6H3,(H,28,29,34). The van der Waals surface area contributed by atoms with E-state index in [-0.39, 0.29) is 17.1 Å². The third-order valence-electron chi connectivity index (χ3n) is 6.44. The van der Waals surface area contributed by atoms with Gasteiger partial charge in [0.1, 0.15) is 5.52 Å². The van der Waals surface area contributed by atoms with Gasteiger partial charge in [0.2, 0.25) is 5.95 Å². The number of aromatic nitrogens is 6. The fourth-order valence-electron chi connectivity index (χ4n) is 4.46. The summed E-state index contributed by atoms with van der Waals surface area (Å²) in [6.07, 6.45) is 5.54. The van der Waals surface area contributed by atoms with Crippen LogP contribution in [0.4, 0.5) is 5.95 Å². The molecular weight excluding hydrogens is 426 g/mol. The molecule has 1 atom stereocenters. The van der Waals surface area contributed by atoms with Crippen LogP contribution < -0.4 is 10.5 Å². The molecule has 0 bridgehead atoms. The number of hydrogen-bond donors (Lipinski definition) is 1. The van der Waals surface area contributed by atoms with Gasteiger partial charge in [-0.15, -0.1) is 0 Å². The Morgan fingerprint density at radius 2 is 1.79 bits per heavy atom. The van der Waals surface area contributed by atoms with Crippen molar-refractivity contribution >= 4 is 17.0 Å². The SMILES string of the molecule is CCC(CC)CN(c1nc2c(C(C)(C)C)nn(C)c2c(=O)[nH]1)C(c1ccccc1)n1cccn1. The average molecular weight is 462 g/mol. The van der Waals surface area contributed by atoms with Crippen molar-refractivity contribution in [2.24, 2.45) is 13.0 Å². The molecule has 0 saturated carbocycles. The third-order valence-corrected chi connectivity index (χ3v) is 6.44. The molecule has 1 aromatic carbocycles. The van der Waals surface area contributed by atoms with E-state index < -0.39 is 0 Å². The molecule has 0 aliphatic heterocycles. The van der Waals surface area contributed by atoms with Gasteiger partial charge in [0.05, 0.1) is 5.69 Å². The Labute approximate surface area is 200 Å². The van der Waals surface area contributed by atoms with E-state index >= 15 is 0 Å². The number of nitrogens with zero attached hydrogens (tertiary/aromatic N) is 6. The van der Waals surface area contributed by atoms with Crippen molar-refractivity contribution in [2.75, 3.05) is 11.4 Å². The minimum absolute atomic E-state index is 0.188. The summed E-state index contributed by atoms with van der Waals surface area (Å²) in [7, 11) is 1.80. The summed E-state index contributed by atoms with van der Waals surface area (Å²) in [5.41, 5.74) is 2.59. The Balaban J connectivity index is 1.96. The number of fused-ring (bicyclic) bond motifs is 1. The molecule has 1 N–H and O–H groups in total. The second kappa shape index (κ2) is 9.44. The summed E-state index contributed by atoms with van der Waals surface area (Å²) in [6, 6.07) is 12.2. The Bertz CT molecular complexity index is 1280. The normalized spacial score (nSPS) is 13.0. The first-order valence-corrected chi connectivity index (χ1v) is 12.0. The molecule has 8 heteroatoms. The number of aromatic amines is 1. The number of benzene rings is 1. The van der Waals surface area contributed by atoms with Crippen LogP contribution in [-0.4, -0.2) is 36.1 Å². The van der Waals surface area contributed by atoms with E-state index in [1.165, 1.54) is 0 Å². The lowest BCUT2D eigenvalue weighted by atomic mass is 9.91. The number of anilines is 1.